The largest absolute Gasteiger partial charge is 0.496 e. The maximum atomic E-state index is 12.8. The van der Waals surface area contributed by atoms with Gasteiger partial charge >= 0.3 is 0 Å². The minimum absolute atomic E-state index is 0.108. The summed E-state index contributed by atoms with van der Waals surface area (Å²) in [6, 6.07) is 8.73. The summed E-state index contributed by atoms with van der Waals surface area (Å²) >= 11 is 5.88. The zero-order chi connectivity index (χ0) is 17.8. The van der Waals surface area contributed by atoms with Crippen molar-refractivity contribution < 1.29 is 9.53 Å². The van der Waals surface area contributed by atoms with Gasteiger partial charge in [-0.15, -0.1) is 0 Å². The number of ether oxygens (including phenoxy) is 1. The SMILES string of the molecule is COc1cc(=O)n2c(c1C(=O)NCc1ccc(Cl)cc1)CCCCC2. The lowest BCUT2D eigenvalue weighted by Gasteiger charge is -2.17. The van der Waals surface area contributed by atoms with E-state index in [-0.39, 0.29) is 11.5 Å². The molecule has 2 aromatic rings. The van der Waals surface area contributed by atoms with Crippen molar-refractivity contribution in [2.45, 2.75) is 38.8 Å². The highest BCUT2D eigenvalue weighted by Gasteiger charge is 2.23. The number of pyridine rings is 1. The molecule has 132 valence electrons. The van der Waals surface area contributed by atoms with Crippen molar-refractivity contribution in [2.75, 3.05) is 7.11 Å². The van der Waals surface area contributed by atoms with Crippen molar-refractivity contribution in [2.24, 2.45) is 0 Å². The third-order valence-corrected chi connectivity index (χ3v) is 4.74. The molecule has 6 heteroatoms. The highest BCUT2D eigenvalue weighted by Crippen LogP contribution is 2.24. The van der Waals surface area contributed by atoms with Gasteiger partial charge in [-0.2, -0.15) is 0 Å². The molecule has 1 aromatic carbocycles. The summed E-state index contributed by atoms with van der Waals surface area (Å²) in [5, 5.41) is 3.58. The van der Waals surface area contributed by atoms with E-state index in [1.54, 1.807) is 16.7 Å². The van der Waals surface area contributed by atoms with Crippen molar-refractivity contribution in [1.29, 1.82) is 0 Å². The van der Waals surface area contributed by atoms with Crippen molar-refractivity contribution in [3.8, 4) is 5.75 Å². The van der Waals surface area contributed by atoms with E-state index in [0.29, 0.717) is 35.8 Å². The number of benzene rings is 1. The first-order valence-corrected chi connectivity index (χ1v) is 8.81. The summed E-state index contributed by atoms with van der Waals surface area (Å²) in [5.74, 6) is 0.115. The minimum atomic E-state index is -0.225. The molecule has 25 heavy (non-hydrogen) atoms. The molecule has 1 aliphatic rings. The molecule has 0 bridgehead atoms. The minimum Gasteiger partial charge on any atom is -0.496 e. The standard InChI is InChI=1S/C19H21ClN2O3/c1-25-16-11-17(23)22-10-4-2-3-5-15(22)18(16)19(24)21-12-13-6-8-14(20)9-7-13/h6-9,11H,2-5,10,12H2,1H3,(H,21,24). The number of carbonyl (C=O) groups excluding carboxylic acids is 1. The molecule has 0 spiro atoms. The van der Waals surface area contributed by atoms with E-state index in [2.05, 4.69) is 5.32 Å². The molecular formula is C19H21ClN2O3. The fourth-order valence-electron chi connectivity index (χ4n) is 3.19. The monoisotopic (exact) mass is 360 g/mol. The Bertz CT molecular complexity index is 828. The van der Waals surface area contributed by atoms with Crippen molar-refractivity contribution in [1.82, 2.24) is 9.88 Å². The van der Waals surface area contributed by atoms with E-state index in [0.717, 1.165) is 30.5 Å². The van der Waals surface area contributed by atoms with Crippen molar-refractivity contribution in [3.05, 3.63) is 62.5 Å². The molecule has 0 fully saturated rings. The normalized spacial score (nSPS) is 13.7. The van der Waals surface area contributed by atoms with E-state index in [1.165, 1.54) is 13.2 Å². The van der Waals surface area contributed by atoms with E-state index in [1.807, 2.05) is 12.1 Å². The molecule has 0 saturated heterocycles. The lowest BCUT2D eigenvalue weighted by atomic mass is 10.1. The third kappa shape index (κ3) is 3.87. The Morgan fingerprint density at radius 3 is 2.72 bits per heavy atom. The smallest absolute Gasteiger partial charge is 0.257 e. The van der Waals surface area contributed by atoms with E-state index in [9.17, 15) is 9.59 Å². The molecule has 5 nitrogen and oxygen atoms in total. The van der Waals surface area contributed by atoms with Gasteiger partial charge in [0.05, 0.1) is 7.11 Å². The van der Waals surface area contributed by atoms with Gasteiger partial charge in [0.15, 0.2) is 0 Å². The molecule has 1 aromatic heterocycles. The van der Waals surface area contributed by atoms with Gasteiger partial charge in [0.25, 0.3) is 11.5 Å². The average Bonchev–Trinajstić information content (AvgIpc) is 2.87. The van der Waals surface area contributed by atoms with Crippen LogP contribution in [0.4, 0.5) is 0 Å². The van der Waals surface area contributed by atoms with Crippen LogP contribution in [0.5, 0.6) is 5.75 Å². The molecule has 0 radical (unpaired) electrons. The van der Waals surface area contributed by atoms with Gasteiger partial charge in [-0.25, -0.2) is 0 Å². The molecular weight excluding hydrogens is 340 g/mol. The molecule has 0 unspecified atom stereocenters. The Kier molecular flexibility index (Phi) is 5.43. The molecule has 0 aliphatic carbocycles. The Morgan fingerprint density at radius 2 is 2.00 bits per heavy atom. The predicted molar refractivity (Wildman–Crippen MR) is 97.4 cm³/mol. The predicted octanol–water partition coefficient (Wildman–Crippen LogP) is 3.17. The summed E-state index contributed by atoms with van der Waals surface area (Å²) in [5.41, 5.74) is 2.09. The Morgan fingerprint density at radius 1 is 1.24 bits per heavy atom. The summed E-state index contributed by atoms with van der Waals surface area (Å²) in [6.07, 6.45) is 3.67. The number of halogens is 1. The summed E-state index contributed by atoms with van der Waals surface area (Å²) in [6.45, 7) is 1.04. The van der Waals surface area contributed by atoms with Crippen LogP contribution in [0, 0.1) is 0 Å². The maximum Gasteiger partial charge on any atom is 0.257 e. The third-order valence-electron chi connectivity index (χ3n) is 4.49. The second-order valence-corrected chi connectivity index (χ2v) is 6.58. The number of aromatic nitrogens is 1. The maximum absolute atomic E-state index is 12.8. The molecule has 1 amide bonds. The van der Waals surface area contributed by atoms with Gasteiger partial charge in [-0.1, -0.05) is 30.2 Å². The molecule has 3 rings (SSSR count). The van der Waals surface area contributed by atoms with Crippen LogP contribution < -0.4 is 15.6 Å². The van der Waals surface area contributed by atoms with Crippen LogP contribution in [0.25, 0.3) is 0 Å². The van der Waals surface area contributed by atoms with Crippen LogP contribution in [0.2, 0.25) is 5.02 Å². The molecule has 0 atom stereocenters. The number of hydrogen-bond donors (Lipinski definition) is 1. The van der Waals surface area contributed by atoms with Crippen molar-refractivity contribution >= 4 is 17.5 Å². The van der Waals surface area contributed by atoms with Gasteiger partial charge in [0.2, 0.25) is 0 Å². The summed E-state index contributed by atoms with van der Waals surface area (Å²) in [7, 11) is 1.48. The van der Waals surface area contributed by atoms with Gasteiger partial charge in [0, 0.05) is 29.9 Å². The highest BCUT2D eigenvalue weighted by atomic mass is 35.5. The highest BCUT2D eigenvalue weighted by molar-refractivity contribution is 6.30. The van der Waals surface area contributed by atoms with Crippen LogP contribution in [-0.4, -0.2) is 17.6 Å². The van der Waals surface area contributed by atoms with Crippen LogP contribution >= 0.6 is 11.6 Å². The number of carbonyl (C=O) groups is 1. The number of nitrogens with one attached hydrogen (secondary N) is 1. The van der Waals surface area contributed by atoms with E-state index < -0.39 is 0 Å². The lowest BCUT2D eigenvalue weighted by molar-refractivity contribution is 0.0945. The first-order chi connectivity index (χ1) is 12.1. The number of amides is 1. The molecule has 0 saturated carbocycles. The number of rotatable bonds is 4. The van der Waals surface area contributed by atoms with Gasteiger partial charge in [0.1, 0.15) is 11.3 Å². The average molecular weight is 361 g/mol. The lowest BCUT2D eigenvalue weighted by Crippen LogP contribution is -2.30. The number of fused-ring (bicyclic) bond motifs is 1. The van der Waals surface area contributed by atoms with Crippen LogP contribution in [0.1, 0.15) is 40.9 Å². The first-order valence-electron chi connectivity index (χ1n) is 8.43. The second kappa shape index (κ2) is 7.74. The van der Waals surface area contributed by atoms with Gasteiger partial charge in [-0.3, -0.25) is 9.59 Å². The Labute approximate surface area is 151 Å². The van der Waals surface area contributed by atoms with Crippen LogP contribution in [0.3, 0.4) is 0 Å². The number of nitrogens with zero attached hydrogens (tertiary/aromatic N) is 1. The van der Waals surface area contributed by atoms with E-state index in [4.69, 9.17) is 16.3 Å². The van der Waals surface area contributed by atoms with Crippen LogP contribution in [-0.2, 0) is 19.5 Å². The second-order valence-electron chi connectivity index (χ2n) is 6.14. The number of methoxy groups -OCH3 is 1. The number of hydrogen-bond acceptors (Lipinski definition) is 3. The Balaban J connectivity index is 1.90. The van der Waals surface area contributed by atoms with E-state index >= 15 is 0 Å². The quantitative estimate of drug-likeness (QED) is 0.911. The van der Waals surface area contributed by atoms with Gasteiger partial charge < -0.3 is 14.6 Å². The zero-order valence-electron chi connectivity index (χ0n) is 14.2. The van der Waals surface area contributed by atoms with Crippen molar-refractivity contribution in [3.63, 3.8) is 0 Å². The fraction of sp³-hybridized carbons (Fsp3) is 0.368. The van der Waals surface area contributed by atoms with Gasteiger partial charge in [-0.05, 0) is 37.0 Å². The van der Waals surface area contributed by atoms with Crippen LogP contribution in [0.15, 0.2) is 35.1 Å². The first kappa shape index (κ1) is 17.5. The summed E-state index contributed by atoms with van der Waals surface area (Å²) < 4.78 is 7.05. The fourth-order valence-corrected chi connectivity index (χ4v) is 3.32. The molecule has 2 heterocycles. The topological polar surface area (TPSA) is 60.3 Å². The summed E-state index contributed by atoms with van der Waals surface area (Å²) in [4.78, 5) is 25.1. The Hall–Kier alpha value is -2.27. The molecule has 1 N–H and O–H groups in total. The zero-order valence-corrected chi connectivity index (χ0v) is 14.9. The molecule has 1 aliphatic heterocycles.